The van der Waals surface area contributed by atoms with E-state index in [2.05, 4.69) is 15.5 Å². The number of hydrogen-bond acceptors (Lipinski definition) is 6. The van der Waals surface area contributed by atoms with E-state index >= 15 is 0 Å². The Balaban J connectivity index is 1.44. The number of amides is 1. The average Bonchev–Trinajstić information content (AvgIpc) is 3.41. The average molecular weight is 365 g/mol. The molecule has 26 heavy (non-hydrogen) atoms. The summed E-state index contributed by atoms with van der Waals surface area (Å²) in [6.45, 7) is 2.33. The van der Waals surface area contributed by atoms with Crippen LogP contribution in [-0.4, -0.2) is 16.0 Å². The third-order valence-corrected chi connectivity index (χ3v) is 5.04. The van der Waals surface area contributed by atoms with Crippen LogP contribution in [0.1, 0.15) is 21.1 Å². The first kappa shape index (κ1) is 16.3. The molecule has 3 aromatic heterocycles. The minimum atomic E-state index is -0.305. The van der Waals surface area contributed by atoms with Crippen LogP contribution < -0.4 is 5.32 Å². The molecule has 0 fully saturated rings. The molecule has 0 aliphatic carbocycles. The van der Waals surface area contributed by atoms with Crippen LogP contribution in [0.5, 0.6) is 0 Å². The number of furan rings is 1. The smallest absolute Gasteiger partial charge is 0.273 e. The molecular weight excluding hydrogens is 350 g/mol. The zero-order valence-electron chi connectivity index (χ0n) is 13.9. The summed E-state index contributed by atoms with van der Waals surface area (Å²) in [5.74, 6) is 0.642. The van der Waals surface area contributed by atoms with Gasteiger partial charge in [-0.2, -0.15) is 0 Å². The molecule has 0 radical (unpaired) electrons. The number of thiazole rings is 1. The van der Waals surface area contributed by atoms with E-state index in [0.29, 0.717) is 18.1 Å². The van der Waals surface area contributed by atoms with Gasteiger partial charge in [-0.25, -0.2) is 4.98 Å². The van der Waals surface area contributed by atoms with Crippen molar-refractivity contribution in [2.24, 2.45) is 0 Å². The summed E-state index contributed by atoms with van der Waals surface area (Å²) in [6, 6.07) is 15.0. The third-order valence-electron chi connectivity index (χ3n) is 3.83. The van der Waals surface area contributed by atoms with Crippen molar-refractivity contribution >= 4 is 17.2 Å². The number of aromatic nitrogens is 2. The van der Waals surface area contributed by atoms with E-state index in [-0.39, 0.29) is 11.6 Å². The van der Waals surface area contributed by atoms with Gasteiger partial charge in [0.05, 0.1) is 18.5 Å². The number of benzene rings is 1. The van der Waals surface area contributed by atoms with Crippen molar-refractivity contribution in [2.75, 3.05) is 0 Å². The highest BCUT2D eigenvalue weighted by Crippen LogP contribution is 2.27. The first-order valence-corrected chi connectivity index (χ1v) is 8.83. The predicted octanol–water partition coefficient (Wildman–Crippen LogP) is 4.30. The van der Waals surface area contributed by atoms with Crippen molar-refractivity contribution in [3.05, 3.63) is 71.1 Å². The van der Waals surface area contributed by atoms with E-state index in [1.54, 1.807) is 29.5 Å². The van der Waals surface area contributed by atoms with Gasteiger partial charge in [-0.3, -0.25) is 4.79 Å². The molecular formula is C19H15N3O3S. The second-order valence-corrected chi connectivity index (χ2v) is 6.71. The number of nitrogens with one attached hydrogen (secondary N) is 1. The lowest BCUT2D eigenvalue weighted by Gasteiger charge is -2.00. The van der Waals surface area contributed by atoms with Crippen molar-refractivity contribution in [3.63, 3.8) is 0 Å². The second-order valence-electron chi connectivity index (χ2n) is 5.63. The molecule has 3 heterocycles. The maximum absolute atomic E-state index is 12.3. The van der Waals surface area contributed by atoms with Crippen LogP contribution in [0.2, 0.25) is 0 Å². The molecule has 0 aliphatic rings. The molecule has 4 aromatic rings. The van der Waals surface area contributed by atoms with Crippen LogP contribution in [0.3, 0.4) is 0 Å². The van der Waals surface area contributed by atoms with E-state index < -0.39 is 0 Å². The Morgan fingerprint density at radius 2 is 2.00 bits per heavy atom. The fourth-order valence-electron chi connectivity index (χ4n) is 2.46. The van der Waals surface area contributed by atoms with Gasteiger partial charge in [0, 0.05) is 16.5 Å². The Kier molecular flexibility index (Phi) is 4.37. The topological polar surface area (TPSA) is 81.2 Å². The Hall–Kier alpha value is -3.19. The number of carbonyl (C=O) groups excluding carboxylic acids is 1. The monoisotopic (exact) mass is 365 g/mol. The van der Waals surface area contributed by atoms with Crippen LogP contribution in [0.4, 0.5) is 0 Å². The number of rotatable bonds is 5. The van der Waals surface area contributed by atoms with Gasteiger partial charge < -0.3 is 14.3 Å². The van der Waals surface area contributed by atoms with Crippen molar-refractivity contribution in [1.82, 2.24) is 15.5 Å². The van der Waals surface area contributed by atoms with E-state index in [1.807, 2.05) is 37.3 Å². The molecule has 0 aliphatic heterocycles. The second kappa shape index (κ2) is 6.97. The zero-order valence-corrected chi connectivity index (χ0v) is 14.7. The predicted molar refractivity (Wildman–Crippen MR) is 97.7 cm³/mol. The molecule has 0 spiro atoms. The van der Waals surface area contributed by atoms with Gasteiger partial charge in [-0.15, -0.1) is 11.3 Å². The van der Waals surface area contributed by atoms with E-state index in [0.717, 1.165) is 21.1 Å². The molecule has 0 saturated carbocycles. The SMILES string of the molecule is Cc1nc(-c2ccccc2)sc1CNC(=O)c1cc(-c2ccco2)on1. The van der Waals surface area contributed by atoms with Gasteiger partial charge >= 0.3 is 0 Å². The third kappa shape index (κ3) is 3.29. The standard InChI is InChI=1S/C19H15N3O3S/c1-12-17(26-19(21-12)13-6-3-2-4-7-13)11-20-18(23)14-10-16(25-22-14)15-8-5-9-24-15/h2-10H,11H2,1H3,(H,20,23). The summed E-state index contributed by atoms with van der Waals surface area (Å²) < 4.78 is 10.4. The van der Waals surface area contributed by atoms with Gasteiger partial charge in [0.25, 0.3) is 5.91 Å². The zero-order chi connectivity index (χ0) is 17.9. The summed E-state index contributed by atoms with van der Waals surface area (Å²) in [5.41, 5.74) is 2.19. The molecule has 0 saturated heterocycles. The van der Waals surface area contributed by atoms with Gasteiger partial charge in [0.2, 0.25) is 5.76 Å². The molecule has 0 unspecified atom stereocenters. The minimum Gasteiger partial charge on any atom is -0.461 e. The normalized spacial score (nSPS) is 10.8. The van der Waals surface area contributed by atoms with Gasteiger partial charge in [0.15, 0.2) is 11.5 Å². The van der Waals surface area contributed by atoms with Gasteiger partial charge in [-0.1, -0.05) is 35.5 Å². The highest BCUT2D eigenvalue weighted by Gasteiger charge is 2.16. The number of hydrogen-bond donors (Lipinski definition) is 1. The number of nitrogens with zero attached hydrogens (tertiary/aromatic N) is 2. The van der Waals surface area contributed by atoms with Gasteiger partial charge in [-0.05, 0) is 19.1 Å². The molecule has 6 nitrogen and oxygen atoms in total. The lowest BCUT2D eigenvalue weighted by atomic mass is 10.2. The number of aryl methyl sites for hydroxylation is 1. The van der Waals surface area contributed by atoms with Crippen molar-refractivity contribution in [1.29, 1.82) is 0 Å². The van der Waals surface area contributed by atoms with Crippen LogP contribution >= 0.6 is 11.3 Å². The summed E-state index contributed by atoms with van der Waals surface area (Å²) >= 11 is 1.57. The fraction of sp³-hybridized carbons (Fsp3) is 0.105. The lowest BCUT2D eigenvalue weighted by molar-refractivity contribution is 0.0942. The minimum absolute atomic E-state index is 0.210. The van der Waals surface area contributed by atoms with Crippen molar-refractivity contribution in [2.45, 2.75) is 13.5 Å². The lowest BCUT2D eigenvalue weighted by Crippen LogP contribution is -2.22. The number of carbonyl (C=O) groups is 1. The Morgan fingerprint density at radius 3 is 2.77 bits per heavy atom. The molecule has 4 rings (SSSR count). The van der Waals surface area contributed by atoms with Gasteiger partial charge in [0.1, 0.15) is 5.01 Å². The largest absolute Gasteiger partial charge is 0.461 e. The van der Waals surface area contributed by atoms with Crippen LogP contribution in [-0.2, 0) is 6.54 Å². The molecule has 1 N–H and O–H groups in total. The maximum Gasteiger partial charge on any atom is 0.273 e. The summed E-state index contributed by atoms with van der Waals surface area (Å²) in [7, 11) is 0. The summed E-state index contributed by atoms with van der Waals surface area (Å²) in [6.07, 6.45) is 1.54. The summed E-state index contributed by atoms with van der Waals surface area (Å²) in [5, 5.41) is 7.60. The summed E-state index contributed by atoms with van der Waals surface area (Å²) in [4.78, 5) is 17.9. The van der Waals surface area contributed by atoms with Crippen LogP contribution in [0, 0.1) is 6.92 Å². The molecule has 1 aromatic carbocycles. The van der Waals surface area contributed by atoms with Crippen LogP contribution in [0.15, 0.2) is 63.7 Å². The van der Waals surface area contributed by atoms with Crippen molar-refractivity contribution in [3.8, 4) is 22.1 Å². The van der Waals surface area contributed by atoms with E-state index in [9.17, 15) is 4.79 Å². The van der Waals surface area contributed by atoms with Crippen LogP contribution in [0.25, 0.3) is 22.1 Å². The highest BCUT2D eigenvalue weighted by atomic mass is 32.1. The van der Waals surface area contributed by atoms with E-state index in [1.165, 1.54) is 6.26 Å². The molecule has 130 valence electrons. The molecule has 7 heteroatoms. The fourth-order valence-corrected chi connectivity index (χ4v) is 3.47. The highest BCUT2D eigenvalue weighted by molar-refractivity contribution is 7.15. The molecule has 0 bridgehead atoms. The van der Waals surface area contributed by atoms with E-state index in [4.69, 9.17) is 8.94 Å². The Morgan fingerprint density at radius 1 is 1.15 bits per heavy atom. The first-order chi connectivity index (χ1) is 12.7. The van der Waals surface area contributed by atoms with Crippen molar-refractivity contribution < 1.29 is 13.7 Å². The molecule has 0 atom stereocenters. The molecule has 1 amide bonds. The first-order valence-electron chi connectivity index (χ1n) is 8.01. The maximum atomic E-state index is 12.3. The Bertz CT molecular complexity index is 1020. The Labute approximate surface area is 153 Å². The quantitative estimate of drug-likeness (QED) is 0.570.